The number of nitrogens with one attached hydrogen (secondary N) is 1. The molecule has 0 aliphatic heterocycles. The molecule has 0 spiro atoms. The molecule has 1 aromatic rings. The lowest BCUT2D eigenvalue weighted by molar-refractivity contribution is -0.117. The molecule has 0 aromatic heterocycles. The number of ether oxygens (including phenoxy) is 1. The maximum Gasteiger partial charge on any atom is 0.240 e. The van der Waals surface area contributed by atoms with Crippen molar-refractivity contribution in [3.63, 3.8) is 0 Å². The molecule has 1 atom stereocenters. The Morgan fingerprint density at radius 3 is 2.53 bits per heavy atom. The van der Waals surface area contributed by atoms with Gasteiger partial charge in [-0.2, -0.15) is 0 Å². The first kappa shape index (κ1) is 13.8. The molecule has 4 nitrogen and oxygen atoms in total. The van der Waals surface area contributed by atoms with Gasteiger partial charge in [0.15, 0.2) is 0 Å². The lowest BCUT2D eigenvalue weighted by Gasteiger charge is -2.13. The van der Waals surface area contributed by atoms with E-state index in [1.54, 1.807) is 25.1 Å². The summed E-state index contributed by atoms with van der Waals surface area (Å²) >= 11 is 6.03. The zero-order chi connectivity index (χ0) is 13.0. The molecule has 3 N–H and O–H groups in total. The zero-order valence-corrected chi connectivity index (χ0v) is 10.9. The molecule has 0 saturated carbocycles. The molecule has 1 aromatic carbocycles. The van der Waals surface area contributed by atoms with Crippen LogP contribution in [0.3, 0.4) is 0 Å². The second-order valence-electron chi connectivity index (χ2n) is 4.09. The molecule has 0 saturated heterocycles. The number of amides is 1. The number of hydrogen-bond acceptors (Lipinski definition) is 3. The highest BCUT2D eigenvalue weighted by atomic mass is 35.5. The summed E-state index contributed by atoms with van der Waals surface area (Å²) in [6, 6.07) is 4.53. The van der Waals surface area contributed by atoms with Gasteiger partial charge in [-0.3, -0.25) is 4.79 Å². The van der Waals surface area contributed by atoms with Crippen LogP contribution in [0.5, 0.6) is 5.75 Å². The standard InChI is InChI=1S/C12H17ClN2O2/c1-7(2)17-11-5-4-9(6-10(11)13)15-12(16)8(3)14/h4-8H,14H2,1-3H3,(H,15,16)/t8-/m1/s1. The summed E-state index contributed by atoms with van der Waals surface area (Å²) in [5.41, 5.74) is 6.05. The van der Waals surface area contributed by atoms with Crippen molar-refractivity contribution in [3.05, 3.63) is 23.2 Å². The van der Waals surface area contributed by atoms with E-state index >= 15 is 0 Å². The summed E-state index contributed by atoms with van der Waals surface area (Å²) in [5, 5.41) is 3.12. The van der Waals surface area contributed by atoms with Crippen molar-refractivity contribution >= 4 is 23.2 Å². The maximum absolute atomic E-state index is 11.4. The maximum atomic E-state index is 11.4. The fourth-order valence-corrected chi connectivity index (χ4v) is 1.41. The van der Waals surface area contributed by atoms with Crippen LogP contribution < -0.4 is 15.8 Å². The fourth-order valence-electron chi connectivity index (χ4n) is 1.18. The number of anilines is 1. The van der Waals surface area contributed by atoms with Crippen molar-refractivity contribution in [3.8, 4) is 5.75 Å². The summed E-state index contributed by atoms with van der Waals surface area (Å²) in [6.07, 6.45) is 0.0528. The highest BCUT2D eigenvalue weighted by Gasteiger charge is 2.09. The number of hydrogen-bond donors (Lipinski definition) is 2. The number of carbonyl (C=O) groups is 1. The van der Waals surface area contributed by atoms with Crippen molar-refractivity contribution < 1.29 is 9.53 Å². The highest BCUT2D eigenvalue weighted by Crippen LogP contribution is 2.28. The third-order valence-corrected chi connectivity index (χ3v) is 2.27. The molecule has 0 unspecified atom stereocenters. The molecule has 94 valence electrons. The number of carbonyl (C=O) groups excluding carboxylic acids is 1. The Balaban J connectivity index is 2.78. The average molecular weight is 257 g/mol. The molecule has 1 amide bonds. The Labute approximate surface area is 106 Å². The van der Waals surface area contributed by atoms with Crippen molar-refractivity contribution in [2.45, 2.75) is 32.9 Å². The fraction of sp³-hybridized carbons (Fsp3) is 0.417. The quantitative estimate of drug-likeness (QED) is 0.870. The monoisotopic (exact) mass is 256 g/mol. The largest absolute Gasteiger partial charge is 0.489 e. The van der Waals surface area contributed by atoms with Gasteiger partial charge >= 0.3 is 0 Å². The third kappa shape index (κ3) is 4.24. The van der Waals surface area contributed by atoms with Crippen LogP contribution in [0.1, 0.15) is 20.8 Å². The first-order chi connectivity index (χ1) is 7.90. The summed E-state index contributed by atoms with van der Waals surface area (Å²) in [5.74, 6) is 0.346. The first-order valence-corrected chi connectivity index (χ1v) is 5.80. The molecule has 0 aliphatic carbocycles. The van der Waals surface area contributed by atoms with E-state index in [4.69, 9.17) is 22.1 Å². The molecular formula is C12H17ClN2O2. The minimum absolute atomic E-state index is 0.0528. The van der Waals surface area contributed by atoms with Crippen LogP contribution in [0, 0.1) is 0 Å². The molecular weight excluding hydrogens is 240 g/mol. The molecule has 0 radical (unpaired) electrons. The second-order valence-corrected chi connectivity index (χ2v) is 4.50. The van der Waals surface area contributed by atoms with Gasteiger partial charge in [-0.05, 0) is 39.0 Å². The van der Waals surface area contributed by atoms with Crippen molar-refractivity contribution in [2.24, 2.45) is 5.73 Å². The van der Waals surface area contributed by atoms with Gasteiger partial charge in [-0.25, -0.2) is 0 Å². The topological polar surface area (TPSA) is 64.3 Å². The minimum Gasteiger partial charge on any atom is -0.489 e. The van der Waals surface area contributed by atoms with Crippen molar-refractivity contribution in [1.29, 1.82) is 0 Å². The lowest BCUT2D eigenvalue weighted by atomic mass is 10.2. The van der Waals surface area contributed by atoms with Crippen LogP contribution in [0.25, 0.3) is 0 Å². The Kier molecular flexibility index (Phi) is 4.78. The molecule has 0 aliphatic rings. The Morgan fingerprint density at radius 1 is 1.41 bits per heavy atom. The van der Waals surface area contributed by atoms with E-state index in [0.29, 0.717) is 16.5 Å². The number of halogens is 1. The normalized spacial score (nSPS) is 12.4. The molecule has 17 heavy (non-hydrogen) atoms. The number of benzene rings is 1. The van der Waals surface area contributed by atoms with Crippen molar-refractivity contribution in [1.82, 2.24) is 0 Å². The van der Waals surface area contributed by atoms with Gasteiger partial charge in [0.1, 0.15) is 5.75 Å². The Morgan fingerprint density at radius 2 is 2.06 bits per heavy atom. The summed E-state index contributed by atoms with van der Waals surface area (Å²) in [7, 11) is 0. The summed E-state index contributed by atoms with van der Waals surface area (Å²) < 4.78 is 5.48. The smallest absolute Gasteiger partial charge is 0.240 e. The number of rotatable bonds is 4. The highest BCUT2D eigenvalue weighted by molar-refractivity contribution is 6.32. The molecule has 1 rings (SSSR count). The van der Waals surface area contributed by atoms with Gasteiger partial charge < -0.3 is 15.8 Å². The SMILES string of the molecule is CC(C)Oc1ccc(NC(=O)[C@@H](C)N)cc1Cl. The lowest BCUT2D eigenvalue weighted by Crippen LogP contribution is -2.32. The van der Waals surface area contributed by atoms with Gasteiger partial charge in [-0.15, -0.1) is 0 Å². The van der Waals surface area contributed by atoms with E-state index in [1.165, 1.54) is 0 Å². The summed E-state index contributed by atoms with van der Waals surface area (Å²) in [4.78, 5) is 11.4. The predicted molar refractivity (Wildman–Crippen MR) is 69.5 cm³/mol. The molecule has 0 heterocycles. The van der Waals surface area contributed by atoms with Gasteiger partial charge in [-0.1, -0.05) is 11.6 Å². The third-order valence-electron chi connectivity index (χ3n) is 1.98. The average Bonchev–Trinajstić information content (AvgIpc) is 2.21. The van der Waals surface area contributed by atoms with E-state index in [1.807, 2.05) is 13.8 Å². The zero-order valence-electron chi connectivity index (χ0n) is 10.2. The van der Waals surface area contributed by atoms with Gasteiger partial charge in [0, 0.05) is 5.69 Å². The number of nitrogens with two attached hydrogens (primary N) is 1. The van der Waals surface area contributed by atoms with Crippen LogP contribution in [0.4, 0.5) is 5.69 Å². The van der Waals surface area contributed by atoms with E-state index in [2.05, 4.69) is 5.32 Å². The van der Waals surface area contributed by atoms with E-state index in [-0.39, 0.29) is 12.0 Å². The molecule has 0 fully saturated rings. The summed E-state index contributed by atoms with van der Waals surface area (Å²) in [6.45, 7) is 5.46. The van der Waals surface area contributed by atoms with Crippen molar-refractivity contribution in [2.75, 3.05) is 5.32 Å². The van der Waals surface area contributed by atoms with Crippen LogP contribution in [-0.4, -0.2) is 18.1 Å². The van der Waals surface area contributed by atoms with E-state index < -0.39 is 6.04 Å². The van der Waals surface area contributed by atoms with Crippen LogP contribution in [0.15, 0.2) is 18.2 Å². The predicted octanol–water partition coefficient (Wildman–Crippen LogP) is 2.41. The minimum atomic E-state index is -0.555. The van der Waals surface area contributed by atoms with Crippen LogP contribution in [0.2, 0.25) is 5.02 Å². The first-order valence-electron chi connectivity index (χ1n) is 5.43. The van der Waals surface area contributed by atoms with Gasteiger partial charge in [0.05, 0.1) is 17.2 Å². The van der Waals surface area contributed by atoms with Gasteiger partial charge in [0.2, 0.25) is 5.91 Å². The van der Waals surface area contributed by atoms with Gasteiger partial charge in [0.25, 0.3) is 0 Å². The van der Waals surface area contributed by atoms with Crippen LogP contribution in [-0.2, 0) is 4.79 Å². The Hall–Kier alpha value is -1.26. The van der Waals surface area contributed by atoms with E-state index in [9.17, 15) is 4.79 Å². The second kappa shape index (κ2) is 5.89. The van der Waals surface area contributed by atoms with Crippen LogP contribution >= 0.6 is 11.6 Å². The molecule has 5 heteroatoms. The van der Waals surface area contributed by atoms with E-state index in [0.717, 1.165) is 0 Å². The molecule has 0 bridgehead atoms. The Bertz CT molecular complexity index is 405.